The van der Waals surface area contributed by atoms with Crippen LogP contribution in [0.5, 0.6) is 11.8 Å². The van der Waals surface area contributed by atoms with E-state index in [2.05, 4.69) is 27.1 Å². The molecule has 4 aromatic rings. The number of H-pyrrole nitrogens is 1. The lowest BCUT2D eigenvalue weighted by Gasteiger charge is -2.26. The number of fused-ring (bicyclic) bond motifs is 4. The minimum atomic E-state index is -0.592. The summed E-state index contributed by atoms with van der Waals surface area (Å²) in [5.41, 5.74) is 3.95. The minimum absolute atomic E-state index is 0.0893. The zero-order chi connectivity index (χ0) is 27.8. The van der Waals surface area contributed by atoms with Crippen LogP contribution in [0.15, 0.2) is 18.3 Å². The van der Waals surface area contributed by atoms with Crippen LogP contribution in [-0.2, 0) is 20.1 Å². The first-order valence-corrected chi connectivity index (χ1v) is 13.4. The third-order valence-electron chi connectivity index (χ3n) is 6.76. The number of hydrogen-bond donors (Lipinski definition) is 2. The number of nitrogens with zero attached hydrogens (tertiary/aromatic N) is 6. The number of aryl methyl sites for hydroxylation is 1. The van der Waals surface area contributed by atoms with Crippen molar-refractivity contribution in [1.29, 1.82) is 0 Å². The van der Waals surface area contributed by atoms with Gasteiger partial charge in [-0.05, 0) is 52.5 Å². The predicted octanol–water partition coefficient (Wildman–Crippen LogP) is 4.24. The Balaban J connectivity index is 1.72. The highest BCUT2D eigenvalue weighted by atomic mass is 19.1. The first-order valence-electron chi connectivity index (χ1n) is 13.4. The number of rotatable bonds is 5. The molecule has 10 nitrogen and oxygen atoms in total. The number of aromatic amines is 1. The lowest BCUT2D eigenvalue weighted by molar-refractivity contribution is 0.131. The summed E-state index contributed by atoms with van der Waals surface area (Å²) in [5, 5.41) is 27.5. The highest BCUT2D eigenvalue weighted by Gasteiger charge is 2.25. The molecule has 0 amide bonds. The minimum Gasteiger partial charge on any atom is -0.473 e. The van der Waals surface area contributed by atoms with E-state index < -0.39 is 6.10 Å². The fourth-order valence-electron chi connectivity index (χ4n) is 4.95. The summed E-state index contributed by atoms with van der Waals surface area (Å²) in [5.74, 6) is 0.604. The van der Waals surface area contributed by atoms with Gasteiger partial charge in [0, 0.05) is 37.2 Å². The van der Waals surface area contributed by atoms with Gasteiger partial charge in [0.25, 0.3) is 0 Å². The van der Waals surface area contributed by atoms with Gasteiger partial charge in [0.15, 0.2) is 0 Å². The molecule has 0 unspecified atom stereocenters. The van der Waals surface area contributed by atoms with E-state index in [4.69, 9.17) is 14.6 Å². The molecule has 2 atom stereocenters. The molecule has 2 bridgehead atoms. The van der Waals surface area contributed by atoms with Crippen LogP contribution in [0.4, 0.5) is 4.39 Å². The van der Waals surface area contributed by atoms with Gasteiger partial charge in [-0.2, -0.15) is 10.2 Å². The smallest absolute Gasteiger partial charge is 0.240 e. The molecule has 0 spiro atoms. The molecule has 208 valence electrons. The topological polar surface area (TPSA) is 106 Å². The van der Waals surface area contributed by atoms with Crippen molar-refractivity contribution in [3.8, 4) is 22.9 Å². The highest BCUT2D eigenvalue weighted by Crippen LogP contribution is 2.36. The van der Waals surface area contributed by atoms with E-state index in [1.54, 1.807) is 30.9 Å². The van der Waals surface area contributed by atoms with Gasteiger partial charge < -0.3 is 14.6 Å². The molecule has 1 aliphatic heterocycles. The second-order valence-electron chi connectivity index (χ2n) is 10.4. The van der Waals surface area contributed by atoms with Gasteiger partial charge in [0.05, 0.1) is 53.0 Å². The van der Waals surface area contributed by atoms with Gasteiger partial charge in [-0.25, -0.2) is 9.07 Å². The van der Waals surface area contributed by atoms with E-state index in [-0.39, 0.29) is 18.0 Å². The molecule has 0 saturated heterocycles. The SMILES string of the molecule is CCN1Cc2c(c(OC(C)C)nn2C[C@H](C)O)/C=C\c2n[nH]c3cc(F)c(cc23)-c2cnn(C)c2O[C@@H](C)C1. The highest BCUT2D eigenvalue weighted by molar-refractivity contribution is 5.93. The maximum Gasteiger partial charge on any atom is 0.240 e. The average molecular weight is 538 g/mol. The fraction of sp³-hybridized carbons (Fsp3) is 0.464. The van der Waals surface area contributed by atoms with Crippen LogP contribution in [0.2, 0.25) is 0 Å². The van der Waals surface area contributed by atoms with Crippen LogP contribution in [0.25, 0.3) is 34.2 Å². The fourth-order valence-corrected chi connectivity index (χ4v) is 4.95. The summed E-state index contributed by atoms with van der Waals surface area (Å²) in [7, 11) is 1.79. The van der Waals surface area contributed by atoms with Crippen molar-refractivity contribution >= 4 is 23.1 Å². The number of aliphatic hydroxyl groups excluding tert-OH is 1. The molecule has 0 aliphatic carbocycles. The number of aromatic nitrogens is 6. The molecule has 11 heteroatoms. The van der Waals surface area contributed by atoms with Crippen molar-refractivity contribution in [2.24, 2.45) is 7.05 Å². The Morgan fingerprint density at radius 1 is 1.23 bits per heavy atom. The Morgan fingerprint density at radius 2 is 2.03 bits per heavy atom. The van der Waals surface area contributed by atoms with Crippen molar-refractivity contribution in [3.05, 3.63) is 41.1 Å². The number of likely N-dealkylation sites (N-methyl/N-ethyl adjacent to an activating group) is 1. The number of benzene rings is 1. The summed E-state index contributed by atoms with van der Waals surface area (Å²) in [4.78, 5) is 2.25. The number of aliphatic hydroxyl groups is 1. The van der Waals surface area contributed by atoms with Crippen LogP contribution >= 0.6 is 0 Å². The van der Waals surface area contributed by atoms with Crippen LogP contribution in [0, 0.1) is 5.82 Å². The summed E-state index contributed by atoms with van der Waals surface area (Å²) in [6.45, 7) is 12.0. The third kappa shape index (κ3) is 5.41. The summed E-state index contributed by atoms with van der Waals surface area (Å²) >= 11 is 0. The van der Waals surface area contributed by atoms with Crippen molar-refractivity contribution < 1.29 is 19.0 Å². The maximum absolute atomic E-state index is 15.3. The predicted molar refractivity (Wildman–Crippen MR) is 148 cm³/mol. The maximum atomic E-state index is 15.3. The molecule has 1 aliphatic rings. The normalized spacial score (nSPS) is 17.9. The van der Waals surface area contributed by atoms with Gasteiger partial charge in [0.1, 0.15) is 11.9 Å². The zero-order valence-corrected chi connectivity index (χ0v) is 23.3. The molecular weight excluding hydrogens is 501 g/mol. The van der Waals surface area contributed by atoms with Crippen molar-refractivity contribution in [1.82, 2.24) is 34.7 Å². The number of hydrogen-bond acceptors (Lipinski definition) is 7. The lowest BCUT2D eigenvalue weighted by Crippen LogP contribution is -2.35. The standard InChI is InChI=1S/C28H36FN7O3/c1-7-35-14-18(5)39-28-22(12-30-34(28)6)20-10-21-24(31-32-25(21)11-23(20)29)9-8-19-26(15-35)36(13-17(4)37)33-27(19)38-16(2)3/h8-12,16-18,37H,7,13-15H2,1-6H3,(H,31,32)/b9-8-/t17-,18-/m0/s1. The zero-order valence-electron chi connectivity index (χ0n) is 23.3. The monoisotopic (exact) mass is 537 g/mol. The number of ether oxygens (including phenoxy) is 2. The molecule has 0 fully saturated rings. The van der Waals surface area contributed by atoms with Gasteiger partial charge in [0.2, 0.25) is 11.8 Å². The molecule has 5 rings (SSSR count). The first-order chi connectivity index (χ1) is 18.6. The van der Waals surface area contributed by atoms with E-state index >= 15 is 4.39 Å². The van der Waals surface area contributed by atoms with E-state index in [1.165, 1.54) is 6.07 Å². The van der Waals surface area contributed by atoms with Crippen LogP contribution in [-0.4, -0.2) is 71.2 Å². The quantitative estimate of drug-likeness (QED) is 0.392. The second kappa shape index (κ2) is 10.8. The Kier molecular flexibility index (Phi) is 7.46. The van der Waals surface area contributed by atoms with Crippen LogP contribution in [0.1, 0.15) is 51.6 Å². The molecule has 39 heavy (non-hydrogen) atoms. The summed E-state index contributed by atoms with van der Waals surface area (Å²) < 4.78 is 31.3. The van der Waals surface area contributed by atoms with E-state index in [0.717, 1.165) is 23.2 Å². The molecule has 4 heterocycles. The summed E-state index contributed by atoms with van der Waals surface area (Å²) in [6, 6.07) is 3.23. The number of halogens is 1. The van der Waals surface area contributed by atoms with Crippen molar-refractivity contribution in [2.75, 3.05) is 13.1 Å². The van der Waals surface area contributed by atoms with Crippen LogP contribution < -0.4 is 9.47 Å². The average Bonchev–Trinajstić information content (AvgIpc) is 3.51. The van der Waals surface area contributed by atoms with E-state index in [0.29, 0.717) is 53.7 Å². The van der Waals surface area contributed by atoms with Gasteiger partial charge >= 0.3 is 0 Å². The third-order valence-corrected chi connectivity index (χ3v) is 6.76. The number of nitrogens with one attached hydrogen (secondary N) is 1. The first kappa shape index (κ1) is 26.9. The van der Waals surface area contributed by atoms with E-state index in [1.807, 2.05) is 37.6 Å². The van der Waals surface area contributed by atoms with Gasteiger partial charge in [-0.3, -0.25) is 14.7 Å². The molecule has 3 aromatic heterocycles. The summed E-state index contributed by atoms with van der Waals surface area (Å²) in [6.07, 6.45) is 4.56. The molecule has 2 N–H and O–H groups in total. The Labute approximate surface area is 227 Å². The van der Waals surface area contributed by atoms with Crippen molar-refractivity contribution in [3.63, 3.8) is 0 Å². The van der Waals surface area contributed by atoms with Crippen molar-refractivity contribution in [2.45, 2.75) is 66.0 Å². The van der Waals surface area contributed by atoms with Crippen LogP contribution in [0.3, 0.4) is 0 Å². The Hall–Kier alpha value is -3.70. The second-order valence-corrected chi connectivity index (χ2v) is 10.4. The Bertz CT molecular complexity index is 1500. The molecule has 0 saturated carbocycles. The molecular formula is C28H36FN7O3. The molecule has 1 aromatic carbocycles. The van der Waals surface area contributed by atoms with E-state index in [9.17, 15) is 5.11 Å². The lowest BCUT2D eigenvalue weighted by atomic mass is 10.0. The Morgan fingerprint density at radius 3 is 2.74 bits per heavy atom. The van der Waals surface area contributed by atoms with Gasteiger partial charge in [-0.1, -0.05) is 6.92 Å². The molecule has 0 radical (unpaired) electrons. The van der Waals surface area contributed by atoms with Gasteiger partial charge in [-0.15, -0.1) is 5.10 Å². The largest absolute Gasteiger partial charge is 0.473 e.